The van der Waals surface area contributed by atoms with Crippen molar-refractivity contribution in [1.82, 2.24) is 10.2 Å². The van der Waals surface area contributed by atoms with Gasteiger partial charge in [-0.2, -0.15) is 0 Å². The summed E-state index contributed by atoms with van der Waals surface area (Å²) in [6.45, 7) is 2.66. The Morgan fingerprint density at radius 2 is 1.71 bits per heavy atom. The predicted octanol–water partition coefficient (Wildman–Crippen LogP) is 2.42. The molecule has 1 aliphatic carbocycles. The lowest BCUT2D eigenvalue weighted by Crippen LogP contribution is -2.48. The van der Waals surface area contributed by atoms with Crippen molar-refractivity contribution in [2.45, 2.75) is 38.1 Å². The van der Waals surface area contributed by atoms with Crippen LogP contribution in [0.5, 0.6) is 0 Å². The van der Waals surface area contributed by atoms with E-state index in [1.165, 1.54) is 0 Å². The number of halogens is 2. The van der Waals surface area contributed by atoms with Gasteiger partial charge in [-0.1, -0.05) is 24.6 Å². The molecule has 1 aliphatic heterocycles. The van der Waals surface area contributed by atoms with Gasteiger partial charge in [-0.3, -0.25) is 14.5 Å². The van der Waals surface area contributed by atoms with Gasteiger partial charge in [0.15, 0.2) is 0 Å². The van der Waals surface area contributed by atoms with E-state index in [0.717, 1.165) is 50.9 Å². The van der Waals surface area contributed by atoms with E-state index in [2.05, 4.69) is 15.5 Å². The molecule has 158 valence electrons. The summed E-state index contributed by atoms with van der Waals surface area (Å²) in [6.07, 6.45) is 4.93. The molecular weight excluding hydrogens is 399 g/mol. The molecule has 0 spiro atoms. The first-order valence-electron chi connectivity index (χ1n) is 9.73. The number of anilines is 1. The van der Waals surface area contributed by atoms with E-state index < -0.39 is 0 Å². The summed E-state index contributed by atoms with van der Waals surface area (Å²) >= 11 is 0. The van der Waals surface area contributed by atoms with Gasteiger partial charge in [-0.05, 0) is 50.3 Å². The second-order valence-electron chi connectivity index (χ2n) is 7.51. The summed E-state index contributed by atoms with van der Waals surface area (Å²) in [4.78, 5) is 26.8. The number of piperidine rings is 1. The zero-order chi connectivity index (χ0) is 18.4. The van der Waals surface area contributed by atoms with Crippen LogP contribution in [0, 0.1) is 11.8 Å². The highest BCUT2D eigenvalue weighted by Crippen LogP contribution is 2.31. The fraction of sp³-hybridized carbons (Fsp3) is 0.600. The van der Waals surface area contributed by atoms with Gasteiger partial charge in [0, 0.05) is 30.7 Å². The highest BCUT2D eigenvalue weighted by Gasteiger charge is 2.33. The quantitative estimate of drug-likeness (QED) is 0.646. The number of likely N-dealkylation sites (tertiary alicyclic amines) is 1. The monoisotopic (exact) mass is 430 g/mol. The molecule has 1 aromatic carbocycles. The van der Waals surface area contributed by atoms with E-state index >= 15 is 0 Å². The fourth-order valence-corrected chi connectivity index (χ4v) is 4.13. The van der Waals surface area contributed by atoms with Crippen molar-refractivity contribution >= 4 is 42.3 Å². The van der Waals surface area contributed by atoms with Crippen molar-refractivity contribution < 1.29 is 9.59 Å². The number of nitrogens with two attached hydrogens (primary N) is 1. The van der Waals surface area contributed by atoms with E-state index in [9.17, 15) is 9.59 Å². The molecule has 3 rings (SSSR count). The van der Waals surface area contributed by atoms with Gasteiger partial charge in [0.1, 0.15) is 0 Å². The van der Waals surface area contributed by atoms with Gasteiger partial charge < -0.3 is 16.4 Å². The van der Waals surface area contributed by atoms with Crippen molar-refractivity contribution in [3.8, 4) is 0 Å². The number of para-hydroxylation sites is 1. The lowest BCUT2D eigenvalue weighted by Gasteiger charge is -2.32. The molecule has 2 atom stereocenters. The predicted molar refractivity (Wildman–Crippen MR) is 117 cm³/mol. The first-order chi connectivity index (χ1) is 12.7. The van der Waals surface area contributed by atoms with Crippen LogP contribution in [0.15, 0.2) is 30.3 Å². The minimum absolute atomic E-state index is 0. The van der Waals surface area contributed by atoms with Crippen LogP contribution in [-0.2, 0) is 9.59 Å². The standard InChI is InChI=1S/C20H30N4O2.2ClH/c21-13-15-5-4-8-18(15)20(26)23-17-9-11-24(12-10-17)14-19(25)22-16-6-2-1-3-7-16;;/h1-3,6-7,15,17-18H,4-5,8-14,21H2,(H,22,25)(H,23,26);2*1H/t15-,18-;;/m1../s1. The number of nitrogens with zero attached hydrogens (tertiary/aromatic N) is 1. The third-order valence-corrected chi connectivity index (χ3v) is 5.66. The summed E-state index contributed by atoms with van der Waals surface area (Å²) in [7, 11) is 0. The zero-order valence-electron chi connectivity index (χ0n) is 16.1. The Bertz CT molecular complexity index is 609. The average molecular weight is 431 g/mol. The first kappa shape index (κ1) is 24.7. The molecule has 1 aromatic rings. The maximum atomic E-state index is 12.5. The molecule has 2 fully saturated rings. The second-order valence-corrected chi connectivity index (χ2v) is 7.51. The number of carbonyl (C=O) groups is 2. The molecule has 0 unspecified atom stereocenters. The maximum Gasteiger partial charge on any atom is 0.238 e. The Morgan fingerprint density at radius 1 is 1.04 bits per heavy atom. The molecular formula is C20H32Cl2N4O2. The number of hydrogen-bond donors (Lipinski definition) is 3. The van der Waals surface area contributed by atoms with Gasteiger partial charge in [0.25, 0.3) is 0 Å². The maximum absolute atomic E-state index is 12.5. The van der Waals surface area contributed by atoms with Crippen LogP contribution in [-0.4, -0.2) is 48.9 Å². The van der Waals surface area contributed by atoms with Crippen molar-refractivity contribution in [2.75, 3.05) is 31.5 Å². The molecule has 0 bridgehead atoms. The summed E-state index contributed by atoms with van der Waals surface area (Å²) in [5.74, 6) is 0.625. The van der Waals surface area contributed by atoms with Crippen LogP contribution in [0.3, 0.4) is 0 Å². The smallest absolute Gasteiger partial charge is 0.238 e. The number of carbonyl (C=O) groups excluding carboxylic acids is 2. The lowest BCUT2D eigenvalue weighted by atomic mass is 9.94. The topological polar surface area (TPSA) is 87.5 Å². The van der Waals surface area contributed by atoms with Crippen LogP contribution in [0.25, 0.3) is 0 Å². The van der Waals surface area contributed by atoms with Crippen molar-refractivity contribution in [2.24, 2.45) is 17.6 Å². The number of amides is 2. The number of hydrogen-bond acceptors (Lipinski definition) is 4. The van der Waals surface area contributed by atoms with E-state index in [-0.39, 0.29) is 48.6 Å². The number of nitrogens with one attached hydrogen (secondary N) is 2. The average Bonchev–Trinajstić information content (AvgIpc) is 3.13. The minimum Gasteiger partial charge on any atom is -0.353 e. The molecule has 2 aliphatic rings. The van der Waals surface area contributed by atoms with Gasteiger partial charge in [0.05, 0.1) is 6.54 Å². The second kappa shape index (κ2) is 12.3. The summed E-state index contributed by atoms with van der Waals surface area (Å²) in [5, 5.41) is 6.14. The molecule has 28 heavy (non-hydrogen) atoms. The Kier molecular flexibility index (Phi) is 10.8. The highest BCUT2D eigenvalue weighted by atomic mass is 35.5. The number of benzene rings is 1. The molecule has 1 saturated carbocycles. The van der Waals surface area contributed by atoms with Gasteiger partial charge in [0.2, 0.25) is 11.8 Å². The highest BCUT2D eigenvalue weighted by molar-refractivity contribution is 5.92. The molecule has 0 aromatic heterocycles. The molecule has 1 heterocycles. The Labute approximate surface area is 179 Å². The third kappa shape index (κ3) is 6.92. The number of rotatable bonds is 6. The normalized spacial score (nSPS) is 22.6. The largest absolute Gasteiger partial charge is 0.353 e. The van der Waals surface area contributed by atoms with E-state index in [1.807, 2.05) is 30.3 Å². The SMILES string of the molecule is Cl.Cl.NC[C@H]1CCC[C@H]1C(=O)NC1CCN(CC(=O)Nc2ccccc2)CC1. The van der Waals surface area contributed by atoms with Gasteiger partial charge in [-0.15, -0.1) is 24.8 Å². The molecule has 4 N–H and O–H groups in total. The fourth-order valence-electron chi connectivity index (χ4n) is 4.13. The first-order valence-corrected chi connectivity index (χ1v) is 9.73. The molecule has 1 saturated heterocycles. The van der Waals surface area contributed by atoms with Crippen LogP contribution >= 0.6 is 24.8 Å². The van der Waals surface area contributed by atoms with Crippen molar-refractivity contribution in [3.63, 3.8) is 0 Å². The van der Waals surface area contributed by atoms with Crippen molar-refractivity contribution in [3.05, 3.63) is 30.3 Å². The molecule has 0 radical (unpaired) electrons. The van der Waals surface area contributed by atoms with Crippen LogP contribution in [0.1, 0.15) is 32.1 Å². The Hall–Kier alpha value is -1.34. The van der Waals surface area contributed by atoms with Crippen LogP contribution in [0.4, 0.5) is 5.69 Å². The van der Waals surface area contributed by atoms with Crippen LogP contribution < -0.4 is 16.4 Å². The zero-order valence-corrected chi connectivity index (χ0v) is 17.8. The summed E-state index contributed by atoms with van der Waals surface area (Å²) < 4.78 is 0. The van der Waals surface area contributed by atoms with E-state index in [0.29, 0.717) is 19.0 Å². The van der Waals surface area contributed by atoms with Crippen LogP contribution in [0.2, 0.25) is 0 Å². The molecule has 2 amide bonds. The molecule has 6 nitrogen and oxygen atoms in total. The third-order valence-electron chi connectivity index (χ3n) is 5.66. The van der Waals surface area contributed by atoms with Gasteiger partial charge >= 0.3 is 0 Å². The summed E-state index contributed by atoms with van der Waals surface area (Å²) in [5.41, 5.74) is 6.62. The Morgan fingerprint density at radius 3 is 2.36 bits per heavy atom. The minimum atomic E-state index is 0. The lowest BCUT2D eigenvalue weighted by molar-refractivity contribution is -0.127. The van der Waals surface area contributed by atoms with Crippen molar-refractivity contribution in [1.29, 1.82) is 0 Å². The van der Waals surface area contributed by atoms with E-state index in [4.69, 9.17) is 5.73 Å². The van der Waals surface area contributed by atoms with Gasteiger partial charge in [-0.25, -0.2) is 0 Å². The van der Waals surface area contributed by atoms with E-state index in [1.54, 1.807) is 0 Å². The molecule has 8 heteroatoms. The Balaban J connectivity index is 0.00000196. The summed E-state index contributed by atoms with van der Waals surface area (Å²) in [6, 6.07) is 9.73.